The number of pyridine rings is 3. The van der Waals surface area contributed by atoms with Crippen LogP contribution in [0.2, 0.25) is 0 Å². The van der Waals surface area contributed by atoms with Crippen LogP contribution in [0.4, 0.5) is 0 Å². The summed E-state index contributed by atoms with van der Waals surface area (Å²) in [7, 11) is 0. The Balaban J connectivity index is 1.20. The third-order valence-corrected chi connectivity index (χ3v) is 8.21. The van der Waals surface area contributed by atoms with Crippen LogP contribution in [0.3, 0.4) is 0 Å². The van der Waals surface area contributed by atoms with Crippen LogP contribution in [0, 0.1) is 27.7 Å². The number of hydrogen-bond acceptors (Lipinski definition) is 5. The monoisotopic (exact) mass is 545 g/mol. The van der Waals surface area contributed by atoms with Gasteiger partial charge in [-0.15, -0.1) is 0 Å². The maximum Gasteiger partial charge on any atom is 0.227 e. The van der Waals surface area contributed by atoms with Crippen molar-refractivity contribution in [2.75, 3.05) is 0 Å². The zero-order valence-electron chi connectivity index (χ0n) is 23.8. The molecule has 202 valence electrons. The summed E-state index contributed by atoms with van der Waals surface area (Å²) in [5.74, 6) is 0. The number of nitrogens with zero attached hydrogens (tertiary/aromatic N) is 3. The van der Waals surface area contributed by atoms with Gasteiger partial charge in [0.25, 0.3) is 0 Å². The van der Waals surface area contributed by atoms with Crippen molar-refractivity contribution in [3.8, 4) is 33.5 Å². The second-order valence-electron chi connectivity index (χ2n) is 11.1. The highest BCUT2D eigenvalue weighted by Gasteiger charge is 2.16. The summed E-state index contributed by atoms with van der Waals surface area (Å²) in [4.78, 5) is 14.0. The van der Waals surface area contributed by atoms with Gasteiger partial charge >= 0.3 is 0 Å². The van der Waals surface area contributed by atoms with E-state index in [0.717, 1.165) is 77.6 Å². The van der Waals surface area contributed by atoms with E-state index in [0.29, 0.717) is 11.4 Å². The first-order chi connectivity index (χ1) is 20.4. The summed E-state index contributed by atoms with van der Waals surface area (Å²) in [5.41, 5.74) is 13.6. The van der Waals surface area contributed by atoms with Gasteiger partial charge in [-0.25, -0.2) is 9.97 Å². The van der Waals surface area contributed by atoms with Gasteiger partial charge in [-0.3, -0.25) is 4.98 Å². The Morgan fingerprint density at radius 3 is 2.00 bits per heavy atom. The van der Waals surface area contributed by atoms with Gasteiger partial charge in [0, 0.05) is 44.7 Å². The van der Waals surface area contributed by atoms with Gasteiger partial charge in [0.15, 0.2) is 0 Å². The van der Waals surface area contributed by atoms with Crippen molar-refractivity contribution in [2.45, 2.75) is 27.7 Å². The number of hydrogen-bond donors (Lipinski definition) is 0. The Kier molecular flexibility index (Phi) is 5.32. The van der Waals surface area contributed by atoms with Gasteiger partial charge in [-0.1, -0.05) is 36.4 Å². The number of rotatable bonds is 3. The molecule has 0 saturated heterocycles. The molecule has 5 heteroatoms. The van der Waals surface area contributed by atoms with Crippen molar-refractivity contribution < 1.29 is 8.83 Å². The molecule has 3 aromatic carbocycles. The van der Waals surface area contributed by atoms with Crippen LogP contribution < -0.4 is 0 Å². The number of furan rings is 2. The van der Waals surface area contributed by atoms with E-state index in [2.05, 4.69) is 96.6 Å². The van der Waals surface area contributed by atoms with Gasteiger partial charge in [-0.2, -0.15) is 0 Å². The molecule has 0 saturated carbocycles. The fourth-order valence-corrected chi connectivity index (χ4v) is 6.01. The van der Waals surface area contributed by atoms with Gasteiger partial charge < -0.3 is 8.83 Å². The van der Waals surface area contributed by atoms with Crippen LogP contribution in [0.5, 0.6) is 0 Å². The zero-order chi connectivity index (χ0) is 28.5. The fourth-order valence-electron chi connectivity index (χ4n) is 6.01. The molecule has 0 aliphatic carbocycles. The minimum Gasteiger partial charge on any atom is -0.438 e. The van der Waals surface area contributed by atoms with Crippen molar-refractivity contribution in [3.05, 3.63) is 114 Å². The Morgan fingerprint density at radius 2 is 1.21 bits per heavy atom. The summed E-state index contributed by atoms with van der Waals surface area (Å²) in [6.07, 6.45) is 1.95. The van der Waals surface area contributed by atoms with Gasteiger partial charge in [0.2, 0.25) is 11.4 Å². The molecule has 0 aliphatic rings. The third kappa shape index (κ3) is 3.81. The molecule has 0 radical (unpaired) electrons. The van der Waals surface area contributed by atoms with Gasteiger partial charge in [-0.05, 0) is 110 Å². The lowest BCUT2D eigenvalue weighted by molar-refractivity contribution is 0.652. The number of aromatic nitrogens is 3. The van der Waals surface area contributed by atoms with Crippen LogP contribution in [0.25, 0.3) is 77.6 Å². The fraction of sp³-hybridized carbons (Fsp3) is 0.108. The zero-order valence-corrected chi connectivity index (χ0v) is 23.8. The Hall–Kier alpha value is -5.29. The van der Waals surface area contributed by atoms with Crippen molar-refractivity contribution in [1.82, 2.24) is 15.0 Å². The average Bonchev–Trinajstić information content (AvgIpc) is 3.54. The maximum absolute atomic E-state index is 6.28. The summed E-state index contributed by atoms with van der Waals surface area (Å²) >= 11 is 0. The second-order valence-corrected chi connectivity index (χ2v) is 11.1. The lowest BCUT2D eigenvalue weighted by atomic mass is 9.93. The standard InChI is InChI=1S/C37H27N3O2/c1-20-16-24(25-11-15-27-29-12-8-22(3)39-36(29)41-34(27)17-25)10-14-26(20)32-18-33(38-19-21(32)2)31-7-5-6-28-30-13-9-23(4)40-37(30)42-35(28)31/h5-19H,1-4H3. The minimum atomic E-state index is 0.656. The molecule has 0 fully saturated rings. The molecule has 8 aromatic rings. The van der Waals surface area contributed by atoms with Crippen molar-refractivity contribution in [1.29, 1.82) is 0 Å². The average molecular weight is 546 g/mol. The molecule has 5 heterocycles. The lowest BCUT2D eigenvalue weighted by Gasteiger charge is -2.13. The number of benzene rings is 3. The SMILES string of the molecule is Cc1ccc2c(n1)oc1cc(-c3ccc(-c4cc(-c5cccc6c5oc5nc(C)ccc56)ncc4C)c(C)c3)ccc12. The molecule has 0 N–H and O–H groups in total. The summed E-state index contributed by atoms with van der Waals surface area (Å²) in [6, 6.07) is 29.6. The molecular weight excluding hydrogens is 518 g/mol. The van der Waals surface area contributed by atoms with E-state index in [-0.39, 0.29) is 0 Å². The molecule has 5 aromatic heterocycles. The molecular formula is C37H27N3O2. The van der Waals surface area contributed by atoms with E-state index in [9.17, 15) is 0 Å². The molecule has 0 spiro atoms. The highest BCUT2D eigenvalue weighted by molar-refractivity contribution is 6.08. The quantitative estimate of drug-likeness (QED) is 0.221. The number of fused-ring (bicyclic) bond motifs is 6. The highest BCUT2D eigenvalue weighted by Crippen LogP contribution is 2.38. The van der Waals surface area contributed by atoms with Crippen LogP contribution >= 0.6 is 0 Å². The lowest BCUT2D eigenvalue weighted by Crippen LogP contribution is -1.92. The predicted octanol–water partition coefficient (Wildman–Crippen LogP) is 9.91. The first kappa shape index (κ1) is 24.5. The Labute approximate surface area is 242 Å². The van der Waals surface area contributed by atoms with E-state index in [4.69, 9.17) is 13.8 Å². The largest absolute Gasteiger partial charge is 0.438 e. The van der Waals surface area contributed by atoms with E-state index >= 15 is 0 Å². The van der Waals surface area contributed by atoms with Crippen LogP contribution in [-0.4, -0.2) is 15.0 Å². The molecule has 0 bridgehead atoms. The Bertz CT molecular complexity index is 2360. The van der Waals surface area contributed by atoms with E-state index in [1.807, 2.05) is 32.2 Å². The summed E-state index contributed by atoms with van der Waals surface area (Å²) < 4.78 is 12.4. The molecule has 5 nitrogen and oxygen atoms in total. The first-order valence-electron chi connectivity index (χ1n) is 14.1. The van der Waals surface area contributed by atoms with Crippen molar-refractivity contribution in [3.63, 3.8) is 0 Å². The van der Waals surface area contributed by atoms with Crippen LogP contribution in [-0.2, 0) is 0 Å². The molecule has 42 heavy (non-hydrogen) atoms. The normalized spacial score (nSPS) is 11.8. The maximum atomic E-state index is 6.28. The van der Waals surface area contributed by atoms with Crippen LogP contribution in [0.1, 0.15) is 22.5 Å². The van der Waals surface area contributed by atoms with E-state index < -0.39 is 0 Å². The first-order valence-corrected chi connectivity index (χ1v) is 14.1. The second kappa shape index (κ2) is 9.11. The van der Waals surface area contributed by atoms with Crippen LogP contribution in [0.15, 0.2) is 100.0 Å². The summed E-state index contributed by atoms with van der Waals surface area (Å²) in [6.45, 7) is 8.23. The van der Waals surface area contributed by atoms with Gasteiger partial charge in [0.1, 0.15) is 11.2 Å². The van der Waals surface area contributed by atoms with Gasteiger partial charge in [0.05, 0.1) is 5.69 Å². The smallest absolute Gasteiger partial charge is 0.227 e. The molecule has 0 atom stereocenters. The topological polar surface area (TPSA) is 65.0 Å². The Morgan fingerprint density at radius 1 is 0.524 bits per heavy atom. The van der Waals surface area contributed by atoms with Crippen molar-refractivity contribution in [2.24, 2.45) is 0 Å². The molecule has 0 amide bonds. The minimum absolute atomic E-state index is 0.656. The van der Waals surface area contributed by atoms with E-state index in [1.54, 1.807) is 0 Å². The predicted molar refractivity (Wildman–Crippen MR) is 170 cm³/mol. The molecule has 0 unspecified atom stereocenters. The summed E-state index contributed by atoms with van der Waals surface area (Å²) in [5, 5.41) is 4.19. The van der Waals surface area contributed by atoms with E-state index in [1.165, 1.54) is 11.1 Å². The number of aryl methyl sites for hydroxylation is 4. The highest BCUT2D eigenvalue weighted by atomic mass is 16.3. The molecule has 0 aliphatic heterocycles. The number of para-hydroxylation sites is 1. The van der Waals surface area contributed by atoms with Crippen molar-refractivity contribution >= 4 is 44.1 Å². The molecule has 8 rings (SSSR count). The third-order valence-electron chi connectivity index (χ3n) is 8.21.